The van der Waals surface area contributed by atoms with Crippen LogP contribution < -0.4 is 5.73 Å². The SMILES string of the molecule is Cc1cc(N)c(S(=O)(=O)N(C)C2CCSC2)cc1C. The van der Waals surface area contributed by atoms with E-state index >= 15 is 0 Å². The van der Waals surface area contributed by atoms with Crippen molar-refractivity contribution in [2.24, 2.45) is 0 Å². The lowest BCUT2D eigenvalue weighted by molar-refractivity contribution is 0.395. The quantitative estimate of drug-likeness (QED) is 0.867. The first-order chi connectivity index (χ1) is 8.84. The Morgan fingerprint density at radius 2 is 1.95 bits per heavy atom. The van der Waals surface area contributed by atoms with Crippen LogP contribution in [0.5, 0.6) is 0 Å². The highest BCUT2D eigenvalue weighted by molar-refractivity contribution is 7.99. The zero-order valence-electron chi connectivity index (χ0n) is 11.5. The minimum Gasteiger partial charge on any atom is -0.398 e. The third-order valence-electron chi connectivity index (χ3n) is 3.70. The Morgan fingerprint density at radius 1 is 1.32 bits per heavy atom. The lowest BCUT2D eigenvalue weighted by Crippen LogP contribution is -2.37. The molecule has 1 fully saturated rings. The molecule has 1 atom stereocenters. The zero-order valence-corrected chi connectivity index (χ0v) is 13.1. The molecule has 1 aromatic carbocycles. The molecule has 1 saturated heterocycles. The molecule has 6 heteroatoms. The van der Waals surface area contributed by atoms with E-state index in [2.05, 4.69) is 0 Å². The van der Waals surface area contributed by atoms with E-state index in [1.54, 1.807) is 30.9 Å². The third-order valence-corrected chi connectivity index (χ3v) is 6.81. The van der Waals surface area contributed by atoms with Crippen LogP contribution in [-0.2, 0) is 10.0 Å². The van der Waals surface area contributed by atoms with Crippen LogP contribution in [0.3, 0.4) is 0 Å². The fourth-order valence-electron chi connectivity index (χ4n) is 2.20. The van der Waals surface area contributed by atoms with Gasteiger partial charge in [-0.3, -0.25) is 0 Å². The summed E-state index contributed by atoms with van der Waals surface area (Å²) in [6.45, 7) is 3.83. The van der Waals surface area contributed by atoms with Gasteiger partial charge in [0.25, 0.3) is 0 Å². The van der Waals surface area contributed by atoms with E-state index in [0.717, 1.165) is 29.1 Å². The molecular formula is C13H20N2O2S2. The molecule has 1 aliphatic heterocycles. The molecule has 0 radical (unpaired) electrons. The molecule has 2 N–H and O–H groups in total. The van der Waals surface area contributed by atoms with Crippen molar-refractivity contribution < 1.29 is 8.42 Å². The number of sulfonamides is 1. The Hall–Kier alpha value is -0.720. The van der Waals surface area contributed by atoms with Gasteiger partial charge in [0.1, 0.15) is 4.90 Å². The van der Waals surface area contributed by atoms with Crippen molar-refractivity contribution in [3.8, 4) is 0 Å². The number of hydrogen-bond acceptors (Lipinski definition) is 4. The Bertz CT molecular complexity index is 579. The Kier molecular flexibility index (Phi) is 4.13. The van der Waals surface area contributed by atoms with Gasteiger partial charge in [-0.25, -0.2) is 8.42 Å². The van der Waals surface area contributed by atoms with Crippen LogP contribution >= 0.6 is 11.8 Å². The van der Waals surface area contributed by atoms with Gasteiger partial charge in [-0.15, -0.1) is 0 Å². The monoisotopic (exact) mass is 300 g/mol. The van der Waals surface area contributed by atoms with Crippen LogP contribution in [0.2, 0.25) is 0 Å². The zero-order chi connectivity index (χ0) is 14.2. The van der Waals surface area contributed by atoms with Crippen LogP contribution in [0.1, 0.15) is 17.5 Å². The molecule has 1 aromatic rings. The number of anilines is 1. The van der Waals surface area contributed by atoms with Gasteiger partial charge in [-0.2, -0.15) is 16.1 Å². The van der Waals surface area contributed by atoms with Crippen molar-refractivity contribution in [2.45, 2.75) is 31.2 Å². The second-order valence-electron chi connectivity index (χ2n) is 5.01. The third kappa shape index (κ3) is 2.75. The van der Waals surface area contributed by atoms with Gasteiger partial charge in [0.15, 0.2) is 0 Å². The van der Waals surface area contributed by atoms with Gasteiger partial charge in [0, 0.05) is 18.8 Å². The summed E-state index contributed by atoms with van der Waals surface area (Å²) in [5.41, 5.74) is 8.19. The smallest absolute Gasteiger partial charge is 0.245 e. The van der Waals surface area contributed by atoms with Crippen molar-refractivity contribution in [1.29, 1.82) is 0 Å². The Labute approximate surface area is 119 Å². The van der Waals surface area contributed by atoms with E-state index in [4.69, 9.17) is 5.73 Å². The first kappa shape index (κ1) is 14.7. The largest absolute Gasteiger partial charge is 0.398 e. The summed E-state index contributed by atoms with van der Waals surface area (Å²) in [7, 11) is -1.84. The average molecular weight is 300 g/mol. The summed E-state index contributed by atoms with van der Waals surface area (Å²) in [5.74, 6) is 1.88. The van der Waals surface area contributed by atoms with Gasteiger partial charge in [-0.1, -0.05) is 0 Å². The lowest BCUT2D eigenvalue weighted by Gasteiger charge is -2.24. The summed E-state index contributed by atoms with van der Waals surface area (Å²) >= 11 is 1.79. The minimum absolute atomic E-state index is 0.0796. The summed E-state index contributed by atoms with van der Waals surface area (Å²) in [6.07, 6.45) is 0.908. The molecule has 0 aliphatic carbocycles. The molecule has 1 heterocycles. The number of nitrogens with zero attached hydrogens (tertiary/aromatic N) is 1. The highest BCUT2D eigenvalue weighted by Crippen LogP contribution is 2.30. The van der Waals surface area contributed by atoms with Crippen molar-refractivity contribution in [2.75, 3.05) is 24.3 Å². The fraction of sp³-hybridized carbons (Fsp3) is 0.538. The van der Waals surface area contributed by atoms with Gasteiger partial charge < -0.3 is 5.73 Å². The number of aryl methyl sites for hydroxylation is 2. The van der Waals surface area contributed by atoms with E-state index in [1.807, 2.05) is 13.8 Å². The summed E-state index contributed by atoms with van der Waals surface area (Å²) in [6, 6.07) is 3.49. The van der Waals surface area contributed by atoms with E-state index in [1.165, 1.54) is 4.31 Å². The Balaban J connectivity index is 2.41. The van der Waals surface area contributed by atoms with Gasteiger partial charge in [0.05, 0.1) is 5.69 Å². The number of benzene rings is 1. The van der Waals surface area contributed by atoms with Crippen molar-refractivity contribution in [3.05, 3.63) is 23.3 Å². The van der Waals surface area contributed by atoms with Gasteiger partial charge in [-0.05, 0) is 49.3 Å². The number of nitrogens with two attached hydrogens (primary N) is 1. The molecule has 4 nitrogen and oxygen atoms in total. The Morgan fingerprint density at radius 3 is 2.53 bits per heavy atom. The highest BCUT2D eigenvalue weighted by Gasteiger charge is 2.31. The van der Waals surface area contributed by atoms with Crippen LogP contribution in [-0.4, -0.2) is 37.3 Å². The molecule has 1 aliphatic rings. The topological polar surface area (TPSA) is 63.4 Å². The maximum absolute atomic E-state index is 12.6. The van der Waals surface area contributed by atoms with Crippen LogP contribution in [0, 0.1) is 13.8 Å². The average Bonchev–Trinajstić information content (AvgIpc) is 2.86. The minimum atomic E-state index is -3.50. The number of nitrogen functional groups attached to an aromatic ring is 1. The number of hydrogen-bond donors (Lipinski definition) is 1. The predicted octanol–water partition coefficient (Wildman–Crippen LogP) is 2.01. The first-order valence-corrected chi connectivity index (χ1v) is 8.86. The molecule has 106 valence electrons. The fourth-order valence-corrected chi connectivity index (χ4v) is 5.12. The van der Waals surface area contributed by atoms with E-state index in [-0.39, 0.29) is 10.9 Å². The predicted molar refractivity (Wildman–Crippen MR) is 81.0 cm³/mol. The van der Waals surface area contributed by atoms with Crippen LogP contribution in [0.25, 0.3) is 0 Å². The van der Waals surface area contributed by atoms with Crippen molar-refractivity contribution in [3.63, 3.8) is 0 Å². The van der Waals surface area contributed by atoms with Gasteiger partial charge in [0.2, 0.25) is 10.0 Å². The lowest BCUT2D eigenvalue weighted by atomic mass is 10.1. The maximum Gasteiger partial charge on any atom is 0.245 e. The molecular weight excluding hydrogens is 280 g/mol. The first-order valence-electron chi connectivity index (χ1n) is 6.26. The maximum atomic E-state index is 12.6. The van der Waals surface area contributed by atoms with Crippen molar-refractivity contribution in [1.82, 2.24) is 4.31 Å². The van der Waals surface area contributed by atoms with E-state index < -0.39 is 10.0 Å². The van der Waals surface area contributed by atoms with Crippen LogP contribution in [0.4, 0.5) is 5.69 Å². The van der Waals surface area contributed by atoms with Crippen molar-refractivity contribution >= 4 is 27.5 Å². The number of thioether (sulfide) groups is 1. The molecule has 0 spiro atoms. The normalized spacial score (nSPS) is 20.1. The number of rotatable bonds is 3. The molecule has 19 heavy (non-hydrogen) atoms. The van der Waals surface area contributed by atoms with Gasteiger partial charge >= 0.3 is 0 Å². The molecule has 2 rings (SSSR count). The second kappa shape index (κ2) is 5.34. The standard InChI is InChI=1S/C13H20N2O2S2/c1-9-6-12(14)13(7-10(9)2)19(16,17)15(3)11-4-5-18-8-11/h6-7,11H,4-5,8,14H2,1-3H3. The van der Waals surface area contributed by atoms with Crippen LogP contribution in [0.15, 0.2) is 17.0 Å². The molecule has 0 aromatic heterocycles. The highest BCUT2D eigenvalue weighted by atomic mass is 32.2. The summed E-state index contributed by atoms with van der Waals surface area (Å²) in [5, 5.41) is 0. The second-order valence-corrected chi connectivity index (χ2v) is 8.13. The summed E-state index contributed by atoms with van der Waals surface area (Å²) < 4.78 is 26.8. The molecule has 0 saturated carbocycles. The van der Waals surface area contributed by atoms with E-state index in [9.17, 15) is 8.42 Å². The molecule has 1 unspecified atom stereocenters. The van der Waals surface area contributed by atoms with E-state index in [0.29, 0.717) is 5.69 Å². The molecule has 0 amide bonds. The molecule has 0 bridgehead atoms. The summed E-state index contributed by atoms with van der Waals surface area (Å²) in [4.78, 5) is 0.231.